The molecule has 21 heavy (non-hydrogen) atoms. The minimum atomic E-state index is 0.729. The van der Waals surface area contributed by atoms with Gasteiger partial charge in [0.25, 0.3) is 0 Å². The van der Waals surface area contributed by atoms with Gasteiger partial charge in [0.15, 0.2) is 11.5 Å². The van der Waals surface area contributed by atoms with Crippen LogP contribution in [0.25, 0.3) is 0 Å². The molecule has 1 aromatic carbocycles. The number of halogens is 1. The number of aryl methyl sites for hydroxylation is 1. The summed E-state index contributed by atoms with van der Waals surface area (Å²) in [4.78, 5) is 0. The fourth-order valence-corrected chi connectivity index (χ4v) is 2.74. The number of hydrogen-bond acceptors (Lipinski definition) is 3. The number of benzene rings is 1. The molecule has 0 bridgehead atoms. The van der Waals surface area contributed by atoms with Gasteiger partial charge < -0.3 is 14.8 Å². The maximum Gasteiger partial charge on any atom is 0.161 e. The van der Waals surface area contributed by atoms with Gasteiger partial charge >= 0.3 is 0 Å². The molecule has 4 heteroatoms. The molecular weight excluding hydrogens is 330 g/mol. The molecule has 0 amide bonds. The van der Waals surface area contributed by atoms with E-state index in [4.69, 9.17) is 9.47 Å². The van der Waals surface area contributed by atoms with Gasteiger partial charge in [-0.05, 0) is 56.0 Å². The molecule has 1 N–H and O–H groups in total. The van der Waals surface area contributed by atoms with E-state index < -0.39 is 0 Å². The Kier molecular flexibility index (Phi) is 8.77. The third-order valence-electron chi connectivity index (χ3n) is 3.40. The highest BCUT2D eigenvalue weighted by atomic mass is 79.9. The fourth-order valence-electron chi connectivity index (χ4n) is 2.22. The first-order valence-electron chi connectivity index (χ1n) is 7.69. The highest BCUT2D eigenvalue weighted by Gasteiger charge is 2.09. The van der Waals surface area contributed by atoms with Gasteiger partial charge in [-0.2, -0.15) is 0 Å². The molecule has 0 spiro atoms. The molecular formula is C17H28BrNO2. The minimum absolute atomic E-state index is 0.729. The van der Waals surface area contributed by atoms with Crippen LogP contribution < -0.4 is 14.8 Å². The van der Waals surface area contributed by atoms with Gasteiger partial charge in [-0.3, -0.25) is 0 Å². The van der Waals surface area contributed by atoms with Crippen molar-refractivity contribution < 1.29 is 9.47 Å². The molecule has 0 aliphatic carbocycles. The molecule has 1 aromatic rings. The van der Waals surface area contributed by atoms with E-state index in [0.717, 1.165) is 41.4 Å². The molecule has 0 saturated heterocycles. The van der Waals surface area contributed by atoms with Crippen LogP contribution in [0.2, 0.25) is 0 Å². The van der Waals surface area contributed by atoms with Gasteiger partial charge in [-0.15, -0.1) is 0 Å². The summed E-state index contributed by atoms with van der Waals surface area (Å²) in [6, 6.07) is 4.05. The van der Waals surface area contributed by atoms with Crippen LogP contribution in [0.3, 0.4) is 0 Å². The predicted molar refractivity (Wildman–Crippen MR) is 92.5 cm³/mol. The standard InChI is InChI=1S/C17H28BrNO2/c1-13(2)12-19-9-7-5-6-8-14-10-16(20-3)17(21-4)11-15(14)18/h10-11,13,19H,5-9,12H2,1-4H3. The number of unbranched alkanes of at least 4 members (excludes halogenated alkanes) is 2. The lowest BCUT2D eigenvalue weighted by atomic mass is 10.1. The van der Waals surface area contributed by atoms with Crippen LogP contribution in [0, 0.1) is 5.92 Å². The van der Waals surface area contributed by atoms with Crippen LogP contribution in [0.5, 0.6) is 11.5 Å². The van der Waals surface area contributed by atoms with Crippen LogP contribution in [-0.4, -0.2) is 27.3 Å². The maximum atomic E-state index is 5.36. The Hall–Kier alpha value is -0.740. The lowest BCUT2D eigenvalue weighted by Gasteiger charge is -2.12. The molecule has 0 aromatic heterocycles. The van der Waals surface area contributed by atoms with E-state index in [1.54, 1.807) is 14.2 Å². The van der Waals surface area contributed by atoms with Crippen LogP contribution in [-0.2, 0) is 6.42 Å². The molecule has 120 valence electrons. The van der Waals surface area contributed by atoms with Gasteiger partial charge in [0.1, 0.15) is 0 Å². The van der Waals surface area contributed by atoms with Crippen molar-refractivity contribution in [3.63, 3.8) is 0 Å². The van der Waals surface area contributed by atoms with Gasteiger partial charge in [0.05, 0.1) is 14.2 Å². The molecule has 1 rings (SSSR count). The van der Waals surface area contributed by atoms with Crippen LogP contribution in [0.4, 0.5) is 0 Å². The number of hydrogen-bond donors (Lipinski definition) is 1. The van der Waals surface area contributed by atoms with Gasteiger partial charge in [-0.1, -0.05) is 36.2 Å². The highest BCUT2D eigenvalue weighted by Crippen LogP contribution is 2.33. The number of rotatable bonds is 10. The Labute approximate surface area is 137 Å². The Morgan fingerprint density at radius 2 is 1.71 bits per heavy atom. The Morgan fingerprint density at radius 1 is 1.05 bits per heavy atom. The molecule has 0 fully saturated rings. The third kappa shape index (κ3) is 6.70. The summed E-state index contributed by atoms with van der Waals surface area (Å²) in [6.07, 6.45) is 4.73. The lowest BCUT2D eigenvalue weighted by Crippen LogP contribution is -2.20. The Balaban J connectivity index is 2.35. The van der Waals surface area contributed by atoms with Crippen molar-refractivity contribution in [2.75, 3.05) is 27.3 Å². The number of ether oxygens (including phenoxy) is 2. The second kappa shape index (κ2) is 10.1. The minimum Gasteiger partial charge on any atom is -0.493 e. The molecule has 0 aliphatic rings. The zero-order chi connectivity index (χ0) is 15.7. The zero-order valence-corrected chi connectivity index (χ0v) is 15.3. The molecule has 0 radical (unpaired) electrons. The van der Waals surface area contributed by atoms with Gasteiger partial charge in [0, 0.05) is 4.47 Å². The number of nitrogens with one attached hydrogen (secondary N) is 1. The quantitative estimate of drug-likeness (QED) is 0.628. The molecule has 0 heterocycles. The van der Waals surface area contributed by atoms with Crippen molar-refractivity contribution in [3.05, 3.63) is 22.2 Å². The van der Waals surface area contributed by atoms with E-state index in [2.05, 4.69) is 41.2 Å². The van der Waals surface area contributed by atoms with Crippen molar-refractivity contribution in [2.45, 2.75) is 39.5 Å². The normalized spacial score (nSPS) is 11.0. The highest BCUT2D eigenvalue weighted by molar-refractivity contribution is 9.10. The third-order valence-corrected chi connectivity index (χ3v) is 4.14. The zero-order valence-electron chi connectivity index (χ0n) is 13.7. The van der Waals surface area contributed by atoms with Crippen molar-refractivity contribution in [1.29, 1.82) is 0 Å². The van der Waals surface area contributed by atoms with E-state index in [-0.39, 0.29) is 0 Å². The summed E-state index contributed by atoms with van der Waals surface area (Å²) in [6.45, 7) is 6.70. The summed E-state index contributed by atoms with van der Waals surface area (Å²) >= 11 is 3.61. The second-order valence-electron chi connectivity index (χ2n) is 5.71. The lowest BCUT2D eigenvalue weighted by molar-refractivity contribution is 0.354. The Morgan fingerprint density at radius 3 is 2.33 bits per heavy atom. The van der Waals surface area contributed by atoms with Crippen molar-refractivity contribution >= 4 is 15.9 Å². The summed E-state index contributed by atoms with van der Waals surface area (Å²) in [5, 5.41) is 3.48. The molecule has 0 saturated carbocycles. The summed E-state index contributed by atoms with van der Waals surface area (Å²) in [7, 11) is 3.34. The second-order valence-corrected chi connectivity index (χ2v) is 6.56. The monoisotopic (exact) mass is 357 g/mol. The smallest absolute Gasteiger partial charge is 0.161 e. The van der Waals surface area contributed by atoms with E-state index in [1.165, 1.54) is 24.8 Å². The SMILES string of the molecule is COc1cc(Br)c(CCCCCNCC(C)C)cc1OC. The number of methoxy groups -OCH3 is 2. The first-order chi connectivity index (χ1) is 10.1. The maximum absolute atomic E-state index is 5.36. The largest absolute Gasteiger partial charge is 0.493 e. The van der Waals surface area contributed by atoms with E-state index >= 15 is 0 Å². The fraction of sp³-hybridized carbons (Fsp3) is 0.647. The molecule has 0 atom stereocenters. The molecule has 0 aliphatic heterocycles. The van der Waals surface area contributed by atoms with E-state index in [1.807, 2.05) is 6.07 Å². The van der Waals surface area contributed by atoms with Crippen LogP contribution in [0.1, 0.15) is 38.7 Å². The van der Waals surface area contributed by atoms with Gasteiger partial charge in [-0.25, -0.2) is 0 Å². The summed E-state index contributed by atoms with van der Waals surface area (Å²) in [5.41, 5.74) is 1.28. The summed E-state index contributed by atoms with van der Waals surface area (Å²) in [5.74, 6) is 2.30. The predicted octanol–water partition coefficient (Wildman–Crippen LogP) is 4.42. The average Bonchev–Trinajstić information content (AvgIpc) is 2.46. The Bertz CT molecular complexity index is 421. The van der Waals surface area contributed by atoms with E-state index in [9.17, 15) is 0 Å². The van der Waals surface area contributed by atoms with E-state index in [0.29, 0.717) is 0 Å². The van der Waals surface area contributed by atoms with Crippen LogP contribution in [0.15, 0.2) is 16.6 Å². The van der Waals surface area contributed by atoms with Crippen LogP contribution >= 0.6 is 15.9 Å². The first kappa shape index (κ1) is 18.3. The topological polar surface area (TPSA) is 30.5 Å². The molecule has 3 nitrogen and oxygen atoms in total. The van der Waals surface area contributed by atoms with Crippen molar-refractivity contribution in [1.82, 2.24) is 5.32 Å². The van der Waals surface area contributed by atoms with Gasteiger partial charge in [0.2, 0.25) is 0 Å². The first-order valence-corrected chi connectivity index (χ1v) is 8.49. The summed E-state index contributed by atoms with van der Waals surface area (Å²) < 4.78 is 11.8. The average molecular weight is 358 g/mol. The van der Waals surface area contributed by atoms with Crippen molar-refractivity contribution in [3.8, 4) is 11.5 Å². The van der Waals surface area contributed by atoms with Crippen molar-refractivity contribution in [2.24, 2.45) is 5.92 Å². The molecule has 0 unspecified atom stereocenters.